The molecule has 7 heteroatoms. The molecule has 2 aromatic rings. The summed E-state index contributed by atoms with van der Waals surface area (Å²) in [6, 6.07) is 11.0. The summed E-state index contributed by atoms with van der Waals surface area (Å²) in [6.45, 7) is 0.490. The number of ether oxygens (including phenoxy) is 2. The van der Waals surface area contributed by atoms with E-state index in [1.807, 2.05) is 30.3 Å². The molecule has 0 aliphatic carbocycles. The van der Waals surface area contributed by atoms with Crippen LogP contribution in [0.3, 0.4) is 0 Å². The summed E-state index contributed by atoms with van der Waals surface area (Å²) in [5.41, 5.74) is 1.35. The minimum Gasteiger partial charge on any atom is -0.483 e. The van der Waals surface area contributed by atoms with Crippen LogP contribution < -0.4 is 15.5 Å². The van der Waals surface area contributed by atoms with Crippen LogP contribution in [0, 0.1) is 0 Å². The van der Waals surface area contributed by atoms with Crippen molar-refractivity contribution in [3.63, 3.8) is 0 Å². The molecule has 7 nitrogen and oxygen atoms in total. The Morgan fingerprint density at radius 2 is 1.88 bits per heavy atom. The lowest BCUT2D eigenvalue weighted by Gasteiger charge is -2.12. The van der Waals surface area contributed by atoms with Gasteiger partial charge in [-0.2, -0.15) is 0 Å². The first-order chi connectivity index (χ1) is 12.5. The highest BCUT2D eigenvalue weighted by Gasteiger charge is 2.09. The first-order valence-corrected chi connectivity index (χ1v) is 8.19. The summed E-state index contributed by atoms with van der Waals surface area (Å²) in [4.78, 5) is 35.0. The van der Waals surface area contributed by atoms with Crippen molar-refractivity contribution in [2.75, 3.05) is 7.11 Å². The van der Waals surface area contributed by atoms with E-state index in [-0.39, 0.29) is 36.5 Å². The summed E-state index contributed by atoms with van der Waals surface area (Å²) in [7, 11) is 3.04. The van der Waals surface area contributed by atoms with Gasteiger partial charge in [-0.3, -0.25) is 14.4 Å². The highest BCUT2D eigenvalue weighted by atomic mass is 16.5. The van der Waals surface area contributed by atoms with E-state index < -0.39 is 5.97 Å². The van der Waals surface area contributed by atoms with Gasteiger partial charge in [0.15, 0.2) is 5.75 Å². The molecule has 1 aromatic heterocycles. The molecule has 0 radical (unpaired) electrons. The number of nitrogens with zero attached hydrogens (tertiary/aromatic N) is 1. The number of rotatable bonds is 8. The number of esters is 1. The lowest BCUT2D eigenvalue weighted by molar-refractivity contribution is -0.142. The second-order valence-electron chi connectivity index (χ2n) is 5.73. The quantitative estimate of drug-likeness (QED) is 0.723. The van der Waals surface area contributed by atoms with Gasteiger partial charge in [-0.05, 0) is 5.56 Å². The molecular formula is C19H22N2O5. The third-order valence-electron chi connectivity index (χ3n) is 3.79. The molecule has 0 fully saturated rings. The number of hydrogen-bond donors (Lipinski definition) is 1. The third-order valence-corrected chi connectivity index (χ3v) is 3.79. The summed E-state index contributed by atoms with van der Waals surface area (Å²) in [5.74, 6) is -0.475. The molecule has 2 rings (SSSR count). The molecule has 0 bridgehead atoms. The Labute approximate surface area is 151 Å². The average Bonchev–Trinajstić information content (AvgIpc) is 2.66. The van der Waals surface area contributed by atoms with E-state index in [2.05, 4.69) is 10.1 Å². The molecule has 138 valence electrons. The number of carbonyl (C=O) groups excluding carboxylic acids is 2. The van der Waals surface area contributed by atoms with Crippen molar-refractivity contribution < 1.29 is 19.1 Å². The zero-order valence-corrected chi connectivity index (χ0v) is 14.9. The van der Waals surface area contributed by atoms with Crippen LogP contribution in [0.5, 0.6) is 5.75 Å². The van der Waals surface area contributed by atoms with Crippen LogP contribution >= 0.6 is 0 Å². The first kappa shape index (κ1) is 19.2. The van der Waals surface area contributed by atoms with E-state index in [0.29, 0.717) is 12.3 Å². The fraction of sp³-hybridized carbons (Fsp3) is 0.316. The predicted molar refractivity (Wildman–Crippen MR) is 95.6 cm³/mol. The average molecular weight is 358 g/mol. The number of carbonyl (C=O) groups is 2. The standard InChI is InChI=1S/C19H22N2O5/c1-21-12-17(26-13-14-6-4-3-5-7-14)16(22)10-15(21)11-20-18(23)8-9-19(24)25-2/h3-7,10,12H,8-9,11,13H2,1-2H3,(H,20,23). The maximum Gasteiger partial charge on any atom is 0.306 e. The van der Waals surface area contributed by atoms with Crippen LogP contribution in [-0.2, 0) is 34.5 Å². The van der Waals surface area contributed by atoms with Crippen molar-refractivity contribution in [3.8, 4) is 5.75 Å². The maximum absolute atomic E-state index is 12.2. The SMILES string of the molecule is COC(=O)CCC(=O)NCc1cc(=O)c(OCc2ccccc2)cn1C. The van der Waals surface area contributed by atoms with Gasteiger partial charge in [-0.1, -0.05) is 30.3 Å². The monoisotopic (exact) mass is 358 g/mol. The number of amides is 1. The molecule has 0 saturated heterocycles. The predicted octanol–water partition coefficient (Wildman–Crippen LogP) is 1.53. The Bertz CT molecular complexity index is 814. The van der Waals surface area contributed by atoms with Crippen molar-refractivity contribution in [2.24, 2.45) is 7.05 Å². The molecule has 0 spiro atoms. The Morgan fingerprint density at radius 3 is 2.58 bits per heavy atom. The highest BCUT2D eigenvalue weighted by Crippen LogP contribution is 2.09. The van der Waals surface area contributed by atoms with Gasteiger partial charge < -0.3 is 19.4 Å². The number of pyridine rings is 1. The van der Waals surface area contributed by atoms with Gasteiger partial charge in [0.25, 0.3) is 0 Å². The zero-order valence-electron chi connectivity index (χ0n) is 14.9. The van der Waals surface area contributed by atoms with E-state index in [1.54, 1.807) is 17.8 Å². The zero-order chi connectivity index (χ0) is 18.9. The molecule has 0 aliphatic heterocycles. The van der Waals surface area contributed by atoms with Crippen LogP contribution in [0.15, 0.2) is 47.4 Å². The molecule has 0 atom stereocenters. The minimum absolute atomic E-state index is 0.0214. The minimum atomic E-state index is -0.438. The van der Waals surface area contributed by atoms with Crippen molar-refractivity contribution in [3.05, 3.63) is 64.1 Å². The summed E-state index contributed by atoms with van der Waals surface area (Å²) < 4.78 is 11.8. The van der Waals surface area contributed by atoms with E-state index in [0.717, 1.165) is 5.56 Å². The molecule has 0 aliphatic rings. The van der Waals surface area contributed by atoms with Crippen LogP contribution in [0.2, 0.25) is 0 Å². The van der Waals surface area contributed by atoms with Crippen LogP contribution in [0.1, 0.15) is 24.1 Å². The molecule has 1 amide bonds. The third kappa shape index (κ3) is 5.77. The van der Waals surface area contributed by atoms with Gasteiger partial charge in [0, 0.05) is 25.2 Å². The van der Waals surface area contributed by atoms with E-state index in [4.69, 9.17) is 4.74 Å². The van der Waals surface area contributed by atoms with Crippen LogP contribution in [0.4, 0.5) is 0 Å². The van der Waals surface area contributed by atoms with Crippen molar-refractivity contribution in [1.82, 2.24) is 9.88 Å². The topological polar surface area (TPSA) is 86.6 Å². The lowest BCUT2D eigenvalue weighted by Crippen LogP contribution is -2.26. The van der Waals surface area contributed by atoms with E-state index >= 15 is 0 Å². The first-order valence-electron chi connectivity index (χ1n) is 8.19. The maximum atomic E-state index is 12.2. The number of benzene rings is 1. The molecule has 0 unspecified atom stereocenters. The number of methoxy groups -OCH3 is 1. The van der Waals surface area contributed by atoms with Gasteiger partial charge in [0.1, 0.15) is 6.61 Å². The lowest BCUT2D eigenvalue weighted by atomic mass is 10.2. The molecule has 1 N–H and O–H groups in total. The van der Waals surface area contributed by atoms with Crippen LogP contribution in [-0.4, -0.2) is 23.6 Å². The Balaban J connectivity index is 1.92. The van der Waals surface area contributed by atoms with Gasteiger partial charge in [-0.25, -0.2) is 0 Å². The second-order valence-corrected chi connectivity index (χ2v) is 5.73. The fourth-order valence-corrected chi connectivity index (χ4v) is 2.26. The normalized spacial score (nSPS) is 10.2. The van der Waals surface area contributed by atoms with Crippen LogP contribution in [0.25, 0.3) is 0 Å². The summed E-state index contributed by atoms with van der Waals surface area (Å²) in [5, 5.41) is 2.68. The number of aromatic nitrogens is 1. The van der Waals surface area contributed by atoms with Crippen molar-refractivity contribution in [1.29, 1.82) is 0 Å². The fourth-order valence-electron chi connectivity index (χ4n) is 2.26. The van der Waals surface area contributed by atoms with E-state index in [1.165, 1.54) is 13.2 Å². The summed E-state index contributed by atoms with van der Waals surface area (Å²) >= 11 is 0. The van der Waals surface area contributed by atoms with Gasteiger partial charge in [0.2, 0.25) is 11.3 Å². The number of hydrogen-bond acceptors (Lipinski definition) is 5. The second kappa shape index (κ2) is 9.41. The number of aryl methyl sites for hydroxylation is 1. The summed E-state index contributed by atoms with van der Waals surface area (Å²) in [6.07, 6.45) is 1.66. The highest BCUT2D eigenvalue weighted by molar-refractivity contribution is 5.81. The smallest absolute Gasteiger partial charge is 0.306 e. The van der Waals surface area contributed by atoms with Crippen molar-refractivity contribution in [2.45, 2.75) is 26.0 Å². The molecule has 1 aromatic carbocycles. The Kier molecular flexibility index (Phi) is 6.96. The molecular weight excluding hydrogens is 336 g/mol. The number of nitrogens with one attached hydrogen (secondary N) is 1. The largest absolute Gasteiger partial charge is 0.483 e. The molecule has 26 heavy (non-hydrogen) atoms. The Hall–Kier alpha value is -3.09. The van der Waals surface area contributed by atoms with Gasteiger partial charge in [0.05, 0.1) is 26.3 Å². The van der Waals surface area contributed by atoms with Gasteiger partial charge in [-0.15, -0.1) is 0 Å². The molecule has 1 heterocycles. The molecule has 0 saturated carbocycles. The van der Waals surface area contributed by atoms with Gasteiger partial charge >= 0.3 is 5.97 Å². The van der Waals surface area contributed by atoms with E-state index in [9.17, 15) is 14.4 Å². The van der Waals surface area contributed by atoms with Crippen molar-refractivity contribution >= 4 is 11.9 Å². The Morgan fingerprint density at radius 1 is 1.15 bits per heavy atom.